The molecule has 3 aromatic rings. The lowest BCUT2D eigenvalue weighted by Crippen LogP contribution is -2.42. The fourth-order valence-electron chi connectivity index (χ4n) is 6.77. The van der Waals surface area contributed by atoms with Gasteiger partial charge in [0, 0.05) is 51.8 Å². The van der Waals surface area contributed by atoms with Crippen molar-refractivity contribution in [2.24, 2.45) is 0 Å². The first-order valence-electron chi connectivity index (χ1n) is 16.0. The number of hydrogen-bond donors (Lipinski definition) is 2. The molecule has 2 aromatic carbocycles. The number of carbonyl (C=O) groups is 3. The number of aromatic amines is 1. The molecule has 1 aromatic heterocycles. The zero-order valence-corrected chi connectivity index (χ0v) is 27.7. The molecule has 0 radical (unpaired) electrons. The number of nitriles is 1. The maximum absolute atomic E-state index is 13.1. The summed E-state index contributed by atoms with van der Waals surface area (Å²) in [6.45, 7) is 5.30. The molecule has 0 saturated carbocycles. The summed E-state index contributed by atoms with van der Waals surface area (Å²) in [6.07, 6.45) is 3.40. The number of benzene rings is 2. The Labute approximate surface area is 271 Å². The Balaban J connectivity index is 1.62. The number of H-pyrrole nitrogens is 1. The van der Waals surface area contributed by atoms with Crippen LogP contribution in [0.5, 0.6) is 0 Å². The number of likely N-dealkylation sites (tertiary alicyclic amines) is 1. The first-order valence-corrected chi connectivity index (χ1v) is 16.0. The quantitative estimate of drug-likeness (QED) is 0.349. The summed E-state index contributed by atoms with van der Waals surface area (Å²) in [5.74, 6) is 1.33. The first kappa shape index (κ1) is 32.8. The third-order valence-electron chi connectivity index (χ3n) is 9.23. The predicted octanol–water partition coefficient (Wildman–Crippen LogP) is 3.26. The van der Waals surface area contributed by atoms with Gasteiger partial charge in [-0.05, 0) is 85.2 Å². The molecule has 2 N–H and O–H groups in total. The van der Waals surface area contributed by atoms with Crippen LogP contribution in [0.25, 0.3) is 0 Å². The van der Waals surface area contributed by atoms with Gasteiger partial charge in [0.15, 0.2) is 0 Å². The molecule has 11 nitrogen and oxygen atoms in total. The molecule has 1 atom stereocenters. The zero-order valence-electron chi connectivity index (χ0n) is 27.7. The highest BCUT2D eigenvalue weighted by Gasteiger charge is 2.44. The molecule has 1 fully saturated rings. The van der Waals surface area contributed by atoms with Crippen LogP contribution in [0.15, 0.2) is 36.4 Å². The van der Waals surface area contributed by atoms with Crippen LogP contribution in [0, 0.1) is 11.3 Å². The number of hydrogen-bond acceptors (Lipinski definition) is 7. The molecule has 11 heteroatoms. The van der Waals surface area contributed by atoms with Gasteiger partial charge in [-0.3, -0.25) is 14.4 Å². The minimum absolute atomic E-state index is 0.0754. The molecule has 2 heterocycles. The molecule has 0 bridgehead atoms. The van der Waals surface area contributed by atoms with E-state index in [2.05, 4.69) is 35.3 Å². The summed E-state index contributed by atoms with van der Waals surface area (Å²) in [7, 11) is 6.97. The summed E-state index contributed by atoms with van der Waals surface area (Å²) in [5.41, 5.74) is 4.46. The Morgan fingerprint density at radius 1 is 1.00 bits per heavy atom. The highest BCUT2D eigenvalue weighted by atomic mass is 16.2. The van der Waals surface area contributed by atoms with E-state index in [9.17, 15) is 19.6 Å². The third-order valence-corrected chi connectivity index (χ3v) is 9.23. The Kier molecular flexibility index (Phi) is 9.58. The second-order valence-corrected chi connectivity index (χ2v) is 13.1. The largest absolute Gasteiger partial charge is 0.345 e. The van der Waals surface area contributed by atoms with Gasteiger partial charge >= 0.3 is 0 Å². The molecule has 0 spiro atoms. The topological polar surface area (TPSA) is 138 Å². The van der Waals surface area contributed by atoms with Crippen LogP contribution in [0.3, 0.4) is 0 Å². The van der Waals surface area contributed by atoms with Crippen LogP contribution in [0.1, 0.15) is 93.6 Å². The van der Waals surface area contributed by atoms with Gasteiger partial charge in [0.1, 0.15) is 17.7 Å². The van der Waals surface area contributed by atoms with Crippen LogP contribution < -0.4 is 5.32 Å². The molecule has 1 unspecified atom stereocenters. The highest BCUT2D eigenvalue weighted by Crippen LogP contribution is 2.46. The van der Waals surface area contributed by atoms with Gasteiger partial charge in [-0.15, -0.1) is 10.2 Å². The molecule has 46 heavy (non-hydrogen) atoms. The zero-order chi connectivity index (χ0) is 33.2. The van der Waals surface area contributed by atoms with E-state index in [4.69, 9.17) is 5.10 Å². The van der Waals surface area contributed by atoms with E-state index < -0.39 is 5.41 Å². The van der Waals surface area contributed by atoms with E-state index >= 15 is 0 Å². The molecule has 242 valence electrons. The number of nitrogens with one attached hydrogen (secondary N) is 2. The van der Waals surface area contributed by atoms with Crippen molar-refractivity contribution < 1.29 is 14.4 Å². The number of aryl methyl sites for hydroxylation is 2. The lowest BCUT2D eigenvalue weighted by atomic mass is 9.69. The molecule has 2 aliphatic rings. The van der Waals surface area contributed by atoms with Gasteiger partial charge in [-0.2, -0.15) is 5.26 Å². The molecular formula is C35H44N8O3. The van der Waals surface area contributed by atoms with Crippen LogP contribution >= 0.6 is 0 Å². The van der Waals surface area contributed by atoms with Crippen molar-refractivity contribution in [3.05, 3.63) is 81.4 Å². The van der Waals surface area contributed by atoms with Gasteiger partial charge in [-0.25, -0.2) is 0 Å². The van der Waals surface area contributed by atoms with Crippen LogP contribution in [0.4, 0.5) is 0 Å². The summed E-state index contributed by atoms with van der Waals surface area (Å²) in [5, 5.41) is 22.1. The minimum atomic E-state index is -0.820. The predicted molar refractivity (Wildman–Crippen MR) is 175 cm³/mol. The van der Waals surface area contributed by atoms with Gasteiger partial charge in [-0.1, -0.05) is 26.0 Å². The van der Waals surface area contributed by atoms with Gasteiger partial charge in [0.25, 0.3) is 11.8 Å². The summed E-state index contributed by atoms with van der Waals surface area (Å²) < 4.78 is 0. The van der Waals surface area contributed by atoms with E-state index in [0.29, 0.717) is 55.7 Å². The van der Waals surface area contributed by atoms with Crippen LogP contribution in [0.2, 0.25) is 0 Å². The smallest absolute Gasteiger partial charge is 0.253 e. The Hall–Kier alpha value is -4.56. The van der Waals surface area contributed by atoms with Crippen LogP contribution in [-0.4, -0.2) is 101 Å². The molecule has 1 saturated heterocycles. The van der Waals surface area contributed by atoms with Crippen molar-refractivity contribution in [1.29, 1.82) is 5.26 Å². The highest BCUT2D eigenvalue weighted by molar-refractivity contribution is 5.95. The SMILES string of the molecule is CC(C)c1nnc(C2(CCNCC(=O)N3CCCC3C#N)c3ccc(C(=O)N(C)C)cc3CCc3cc(C(=O)N(C)C)ccc32)[nH]1. The standard InChI is InChI=1S/C35H44N8O3/c1-22(2)31-38-34(40-39-31)35(15-16-37-21-30(44)43-17-7-8-27(43)20-36)28-13-11-25(32(45)41(3)4)18-23(28)9-10-24-19-26(12-14-29(24)35)33(46)42(5)6/h11-14,18-19,22,27,37H,7-10,15-17,21H2,1-6H3,(H,38,39,40). The third kappa shape index (κ3) is 6.14. The van der Waals surface area contributed by atoms with Gasteiger partial charge in [0.05, 0.1) is 18.0 Å². The second-order valence-electron chi connectivity index (χ2n) is 13.1. The Morgan fingerprint density at radius 3 is 2.09 bits per heavy atom. The van der Waals surface area contributed by atoms with Crippen molar-refractivity contribution in [1.82, 2.24) is 35.2 Å². The fraction of sp³-hybridized carbons (Fsp3) is 0.486. The van der Waals surface area contributed by atoms with Crippen molar-refractivity contribution in [2.45, 2.75) is 63.3 Å². The molecule has 3 amide bonds. The minimum Gasteiger partial charge on any atom is -0.345 e. The number of nitrogens with zero attached hydrogens (tertiary/aromatic N) is 6. The van der Waals surface area contributed by atoms with Crippen molar-refractivity contribution in [3.63, 3.8) is 0 Å². The lowest BCUT2D eigenvalue weighted by Gasteiger charge is -2.35. The number of amides is 3. The number of rotatable bonds is 9. The Morgan fingerprint density at radius 2 is 1.59 bits per heavy atom. The van der Waals surface area contributed by atoms with Gasteiger partial charge < -0.3 is 25.0 Å². The van der Waals surface area contributed by atoms with Crippen molar-refractivity contribution in [2.75, 3.05) is 47.8 Å². The normalized spacial score (nSPS) is 16.7. The fourth-order valence-corrected chi connectivity index (χ4v) is 6.77. The van der Waals surface area contributed by atoms with E-state index in [1.54, 1.807) is 42.9 Å². The van der Waals surface area contributed by atoms with E-state index in [1.807, 2.05) is 36.4 Å². The maximum Gasteiger partial charge on any atom is 0.253 e. The molecule has 1 aliphatic heterocycles. The second kappa shape index (κ2) is 13.4. The average Bonchev–Trinajstić information content (AvgIpc) is 3.72. The van der Waals surface area contributed by atoms with Crippen molar-refractivity contribution >= 4 is 17.7 Å². The maximum atomic E-state index is 13.1. The van der Waals surface area contributed by atoms with E-state index in [0.717, 1.165) is 34.5 Å². The lowest BCUT2D eigenvalue weighted by molar-refractivity contribution is -0.130. The average molecular weight is 625 g/mol. The molecule has 1 aliphatic carbocycles. The first-order chi connectivity index (χ1) is 22.0. The number of carbonyl (C=O) groups excluding carboxylic acids is 3. The van der Waals surface area contributed by atoms with Gasteiger partial charge in [0.2, 0.25) is 5.91 Å². The Bertz CT molecular complexity index is 1600. The summed E-state index contributed by atoms with van der Waals surface area (Å²) >= 11 is 0. The number of aromatic nitrogens is 3. The van der Waals surface area contributed by atoms with Crippen molar-refractivity contribution in [3.8, 4) is 6.07 Å². The molecular weight excluding hydrogens is 580 g/mol. The summed E-state index contributed by atoms with van der Waals surface area (Å²) in [6, 6.07) is 13.6. The summed E-state index contributed by atoms with van der Waals surface area (Å²) in [4.78, 5) is 47.5. The van der Waals surface area contributed by atoms with E-state index in [1.165, 1.54) is 0 Å². The van der Waals surface area contributed by atoms with Crippen LogP contribution in [-0.2, 0) is 23.1 Å². The van der Waals surface area contributed by atoms with E-state index in [-0.39, 0.29) is 36.2 Å². The molecule has 5 rings (SSSR count). The number of fused-ring (bicyclic) bond motifs is 2. The monoisotopic (exact) mass is 624 g/mol.